The van der Waals surface area contributed by atoms with Gasteiger partial charge in [-0.3, -0.25) is 4.79 Å². The molecule has 0 aliphatic carbocycles. The molecule has 0 unspecified atom stereocenters. The van der Waals surface area contributed by atoms with Crippen LogP contribution in [0.2, 0.25) is 0 Å². The van der Waals surface area contributed by atoms with Gasteiger partial charge in [-0.2, -0.15) is 0 Å². The van der Waals surface area contributed by atoms with Crippen LogP contribution in [0.25, 0.3) is 5.65 Å². The molecule has 0 saturated carbocycles. The normalized spacial score (nSPS) is 15.6. The van der Waals surface area contributed by atoms with E-state index in [0.29, 0.717) is 5.69 Å². The zero-order valence-electron chi connectivity index (χ0n) is 14.6. The molecule has 25 heavy (non-hydrogen) atoms. The molecule has 0 fully saturated rings. The Morgan fingerprint density at radius 1 is 1.28 bits per heavy atom. The van der Waals surface area contributed by atoms with E-state index < -0.39 is 0 Å². The van der Waals surface area contributed by atoms with Gasteiger partial charge in [-0.05, 0) is 44.4 Å². The van der Waals surface area contributed by atoms with Gasteiger partial charge >= 0.3 is 0 Å². The van der Waals surface area contributed by atoms with Crippen LogP contribution < -0.4 is 5.32 Å². The summed E-state index contributed by atoms with van der Waals surface area (Å²) in [6.45, 7) is 4.87. The lowest BCUT2D eigenvalue weighted by atomic mass is 10.2. The number of rotatable bonds is 3. The first-order valence-electron chi connectivity index (χ1n) is 8.80. The van der Waals surface area contributed by atoms with Crippen molar-refractivity contribution in [2.24, 2.45) is 0 Å². The molecule has 3 aromatic heterocycles. The predicted octanol–water partition coefficient (Wildman–Crippen LogP) is 2.45. The minimum atomic E-state index is -0.210. The number of pyridine rings is 1. The third-order valence-corrected chi connectivity index (χ3v) is 4.72. The lowest BCUT2D eigenvalue weighted by Gasteiger charge is -2.14. The second-order valence-corrected chi connectivity index (χ2v) is 6.73. The first-order chi connectivity index (χ1) is 12.1. The number of aromatic nitrogens is 5. The number of imidazole rings is 1. The van der Waals surface area contributed by atoms with Gasteiger partial charge in [-0.1, -0.05) is 6.42 Å². The van der Waals surface area contributed by atoms with E-state index in [9.17, 15) is 4.79 Å². The summed E-state index contributed by atoms with van der Waals surface area (Å²) in [6, 6.07) is 3.74. The van der Waals surface area contributed by atoms with E-state index in [1.54, 1.807) is 6.20 Å². The second-order valence-electron chi connectivity index (χ2n) is 6.73. The summed E-state index contributed by atoms with van der Waals surface area (Å²) in [5, 5.41) is 11.6. The van der Waals surface area contributed by atoms with Crippen LogP contribution in [0.15, 0.2) is 24.5 Å². The number of carbonyl (C=O) groups excluding carboxylic acids is 1. The first-order valence-corrected chi connectivity index (χ1v) is 8.80. The Morgan fingerprint density at radius 2 is 2.16 bits per heavy atom. The van der Waals surface area contributed by atoms with Gasteiger partial charge in [-0.15, -0.1) is 10.2 Å². The summed E-state index contributed by atoms with van der Waals surface area (Å²) < 4.78 is 4.01. The molecule has 130 valence electrons. The van der Waals surface area contributed by atoms with Gasteiger partial charge in [0.25, 0.3) is 5.91 Å². The van der Waals surface area contributed by atoms with Crippen molar-refractivity contribution < 1.29 is 4.79 Å². The maximum absolute atomic E-state index is 12.6. The van der Waals surface area contributed by atoms with Gasteiger partial charge in [0, 0.05) is 25.4 Å². The van der Waals surface area contributed by atoms with Crippen LogP contribution in [0, 0.1) is 6.92 Å². The maximum atomic E-state index is 12.6. The van der Waals surface area contributed by atoms with Crippen LogP contribution in [0.1, 0.15) is 59.9 Å². The van der Waals surface area contributed by atoms with Gasteiger partial charge in [0.15, 0.2) is 5.82 Å². The molecule has 0 aromatic carbocycles. The van der Waals surface area contributed by atoms with Crippen molar-refractivity contribution in [2.45, 2.75) is 52.1 Å². The molecular weight excluding hydrogens is 316 g/mol. The van der Waals surface area contributed by atoms with Crippen molar-refractivity contribution in [3.8, 4) is 0 Å². The lowest BCUT2D eigenvalue weighted by Crippen LogP contribution is -2.29. The Labute approximate surface area is 146 Å². The Morgan fingerprint density at radius 3 is 3.04 bits per heavy atom. The van der Waals surface area contributed by atoms with Crippen molar-refractivity contribution >= 4 is 11.6 Å². The third kappa shape index (κ3) is 3.01. The van der Waals surface area contributed by atoms with E-state index >= 15 is 0 Å². The van der Waals surface area contributed by atoms with Crippen molar-refractivity contribution in [3.05, 3.63) is 47.4 Å². The van der Waals surface area contributed by atoms with Crippen molar-refractivity contribution in [3.63, 3.8) is 0 Å². The van der Waals surface area contributed by atoms with E-state index in [1.807, 2.05) is 36.6 Å². The Bertz CT molecular complexity index is 925. The first kappa shape index (κ1) is 15.8. The van der Waals surface area contributed by atoms with Crippen LogP contribution in [-0.4, -0.2) is 30.1 Å². The predicted molar refractivity (Wildman–Crippen MR) is 93.4 cm³/mol. The molecule has 1 aliphatic rings. The SMILES string of the molecule is Cc1ccn2cc(C(=O)N[C@@H](C)c3nnc4n3CCCCC4)nc2c1. The molecule has 0 radical (unpaired) electrons. The molecule has 1 N–H and O–H groups in total. The lowest BCUT2D eigenvalue weighted by molar-refractivity contribution is 0.0933. The summed E-state index contributed by atoms with van der Waals surface area (Å²) in [4.78, 5) is 17.0. The van der Waals surface area contributed by atoms with Gasteiger partial charge in [-0.25, -0.2) is 4.98 Å². The number of amides is 1. The topological polar surface area (TPSA) is 77.1 Å². The smallest absolute Gasteiger partial charge is 0.272 e. The van der Waals surface area contributed by atoms with E-state index in [2.05, 4.69) is 25.1 Å². The fourth-order valence-electron chi connectivity index (χ4n) is 3.36. The summed E-state index contributed by atoms with van der Waals surface area (Å²) >= 11 is 0. The van der Waals surface area contributed by atoms with Gasteiger partial charge < -0.3 is 14.3 Å². The molecular formula is C18H22N6O. The zero-order chi connectivity index (χ0) is 17.4. The van der Waals surface area contributed by atoms with Gasteiger partial charge in [0.2, 0.25) is 0 Å². The van der Waals surface area contributed by atoms with Crippen LogP contribution >= 0.6 is 0 Å². The van der Waals surface area contributed by atoms with E-state index in [-0.39, 0.29) is 11.9 Å². The molecule has 1 atom stereocenters. The van der Waals surface area contributed by atoms with Crippen LogP contribution in [0.3, 0.4) is 0 Å². The van der Waals surface area contributed by atoms with Crippen LogP contribution in [-0.2, 0) is 13.0 Å². The maximum Gasteiger partial charge on any atom is 0.272 e. The highest BCUT2D eigenvalue weighted by Crippen LogP contribution is 2.19. The minimum absolute atomic E-state index is 0.195. The summed E-state index contributed by atoms with van der Waals surface area (Å²) in [6.07, 6.45) is 8.12. The number of nitrogens with one attached hydrogen (secondary N) is 1. The van der Waals surface area contributed by atoms with Crippen molar-refractivity contribution in [2.75, 3.05) is 0 Å². The Balaban J connectivity index is 1.54. The second kappa shape index (κ2) is 6.31. The highest BCUT2D eigenvalue weighted by atomic mass is 16.2. The molecule has 4 heterocycles. The molecule has 0 bridgehead atoms. The molecule has 0 spiro atoms. The average Bonchev–Trinajstić information content (AvgIpc) is 3.12. The fourth-order valence-corrected chi connectivity index (χ4v) is 3.36. The highest BCUT2D eigenvalue weighted by molar-refractivity contribution is 5.93. The molecule has 0 saturated heterocycles. The van der Waals surface area contributed by atoms with Crippen LogP contribution in [0.5, 0.6) is 0 Å². The van der Waals surface area contributed by atoms with E-state index in [0.717, 1.165) is 48.7 Å². The van der Waals surface area contributed by atoms with Gasteiger partial charge in [0.05, 0.1) is 6.04 Å². The number of carbonyl (C=O) groups is 1. The molecule has 7 heteroatoms. The fraction of sp³-hybridized carbons (Fsp3) is 0.444. The zero-order valence-corrected chi connectivity index (χ0v) is 14.6. The van der Waals surface area contributed by atoms with Crippen LogP contribution in [0.4, 0.5) is 0 Å². The van der Waals surface area contributed by atoms with E-state index in [4.69, 9.17) is 0 Å². The third-order valence-electron chi connectivity index (χ3n) is 4.72. The van der Waals surface area contributed by atoms with E-state index in [1.165, 1.54) is 6.42 Å². The highest BCUT2D eigenvalue weighted by Gasteiger charge is 2.22. The largest absolute Gasteiger partial charge is 0.341 e. The molecule has 7 nitrogen and oxygen atoms in total. The number of hydrogen-bond donors (Lipinski definition) is 1. The Hall–Kier alpha value is -2.70. The molecule has 1 amide bonds. The Kier molecular flexibility index (Phi) is 3.99. The molecule has 3 aromatic rings. The monoisotopic (exact) mass is 338 g/mol. The molecule has 1 aliphatic heterocycles. The molecule has 4 rings (SSSR count). The quantitative estimate of drug-likeness (QED) is 0.796. The average molecular weight is 338 g/mol. The number of fused-ring (bicyclic) bond motifs is 2. The number of nitrogens with zero attached hydrogens (tertiary/aromatic N) is 5. The summed E-state index contributed by atoms with van der Waals surface area (Å²) in [5.41, 5.74) is 2.30. The van der Waals surface area contributed by atoms with Gasteiger partial charge in [0.1, 0.15) is 17.2 Å². The minimum Gasteiger partial charge on any atom is -0.341 e. The van der Waals surface area contributed by atoms with Crippen molar-refractivity contribution in [1.82, 2.24) is 29.5 Å². The number of hydrogen-bond acceptors (Lipinski definition) is 4. The standard InChI is InChI=1S/C18H22N6O/c1-12-7-9-23-11-14(20-16(23)10-12)18(25)19-13(2)17-22-21-15-6-4-3-5-8-24(15)17/h7,9-11,13H,3-6,8H2,1-2H3,(H,19,25)/t13-/m0/s1. The summed E-state index contributed by atoms with van der Waals surface area (Å²) in [5.74, 6) is 1.65. The van der Waals surface area contributed by atoms with Crippen molar-refractivity contribution in [1.29, 1.82) is 0 Å². The number of aryl methyl sites for hydroxylation is 2. The summed E-state index contributed by atoms with van der Waals surface area (Å²) in [7, 11) is 0.